The topological polar surface area (TPSA) is 55.8 Å². The lowest BCUT2D eigenvalue weighted by molar-refractivity contribution is -0.142. The summed E-state index contributed by atoms with van der Waals surface area (Å²) in [5.74, 6) is -0.0710. The molecule has 30 heavy (non-hydrogen) atoms. The summed E-state index contributed by atoms with van der Waals surface area (Å²) in [5.41, 5.74) is 4.50. The third-order valence-electron chi connectivity index (χ3n) is 4.81. The van der Waals surface area contributed by atoms with E-state index in [9.17, 15) is 14.3 Å². The predicted octanol–water partition coefficient (Wildman–Crippen LogP) is 5.23. The highest BCUT2D eigenvalue weighted by atomic mass is 35.5. The van der Waals surface area contributed by atoms with Gasteiger partial charge < -0.3 is 14.6 Å². The number of phenols is 1. The summed E-state index contributed by atoms with van der Waals surface area (Å²) in [6, 6.07) is 15.1. The average molecular weight is 429 g/mol. The van der Waals surface area contributed by atoms with E-state index in [-0.39, 0.29) is 18.2 Å². The van der Waals surface area contributed by atoms with Crippen molar-refractivity contribution in [3.63, 3.8) is 0 Å². The van der Waals surface area contributed by atoms with E-state index in [2.05, 4.69) is 4.74 Å². The number of ether oxygens (including phenoxy) is 2. The molecule has 0 amide bonds. The standard InChI is InChI=1S/C24H22ClFO4/c1-15-9-20(30-14-24(28)29-2)13-22(25)21(15)12-17-5-8-23(27)18(11-17)10-16-3-6-19(26)7-4-16/h3-9,11,13,27H,10,12,14H2,1-2H3. The van der Waals surface area contributed by atoms with Crippen molar-refractivity contribution in [2.45, 2.75) is 19.8 Å². The maximum atomic E-state index is 13.1. The van der Waals surface area contributed by atoms with Gasteiger partial charge in [-0.1, -0.05) is 35.9 Å². The minimum atomic E-state index is -0.467. The van der Waals surface area contributed by atoms with E-state index in [4.69, 9.17) is 16.3 Å². The van der Waals surface area contributed by atoms with E-state index < -0.39 is 5.97 Å². The Balaban J connectivity index is 1.78. The summed E-state index contributed by atoms with van der Waals surface area (Å²) in [6.07, 6.45) is 1.06. The molecule has 0 saturated carbocycles. The summed E-state index contributed by atoms with van der Waals surface area (Å²) in [6.45, 7) is 1.74. The molecule has 0 aromatic heterocycles. The molecule has 0 fully saturated rings. The first-order chi connectivity index (χ1) is 14.4. The Bertz CT molecular complexity index is 1020. The van der Waals surface area contributed by atoms with Crippen LogP contribution >= 0.6 is 11.6 Å². The van der Waals surface area contributed by atoms with Crippen LogP contribution in [0.1, 0.15) is 27.8 Å². The molecule has 0 aliphatic carbocycles. The summed E-state index contributed by atoms with van der Waals surface area (Å²) >= 11 is 6.47. The number of halogens is 2. The zero-order chi connectivity index (χ0) is 21.7. The van der Waals surface area contributed by atoms with Gasteiger partial charge in [-0.25, -0.2) is 9.18 Å². The molecule has 0 atom stereocenters. The van der Waals surface area contributed by atoms with Gasteiger partial charge in [-0.15, -0.1) is 0 Å². The lowest BCUT2D eigenvalue weighted by Gasteiger charge is -2.13. The fraction of sp³-hybridized carbons (Fsp3) is 0.208. The minimum absolute atomic E-state index is 0.184. The second-order valence-electron chi connectivity index (χ2n) is 7.01. The van der Waals surface area contributed by atoms with Crippen LogP contribution in [0.4, 0.5) is 4.39 Å². The highest BCUT2D eigenvalue weighted by molar-refractivity contribution is 6.31. The van der Waals surface area contributed by atoms with Crippen molar-refractivity contribution in [2.24, 2.45) is 0 Å². The Morgan fingerprint density at radius 3 is 2.40 bits per heavy atom. The number of hydrogen-bond acceptors (Lipinski definition) is 4. The van der Waals surface area contributed by atoms with Crippen LogP contribution in [0.15, 0.2) is 54.6 Å². The second kappa shape index (κ2) is 9.63. The molecular weight excluding hydrogens is 407 g/mol. The number of methoxy groups -OCH3 is 1. The van der Waals surface area contributed by atoms with Crippen molar-refractivity contribution in [2.75, 3.05) is 13.7 Å². The summed E-state index contributed by atoms with van der Waals surface area (Å²) in [4.78, 5) is 11.3. The van der Waals surface area contributed by atoms with Gasteiger partial charge in [0.15, 0.2) is 6.61 Å². The lowest BCUT2D eigenvalue weighted by Crippen LogP contribution is -2.12. The second-order valence-corrected chi connectivity index (χ2v) is 7.42. The van der Waals surface area contributed by atoms with Crippen molar-refractivity contribution >= 4 is 17.6 Å². The Morgan fingerprint density at radius 2 is 1.73 bits per heavy atom. The molecule has 0 spiro atoms. The van der Waals surface area contributed by atoms with Crippen LogP contribution in [0.25, 0.3) is 0 Å². The monoisotopic (exact) mass is 428 g/mol. The molecule has 0 aliphatic rings. The largest absolute Gasteiger partial charge is 0.508 e. The Labute approximate surface area is 179 Å². The zero-order valence-corrected chi connectivity index (χ0v) is 17.5. The number of carbonyl (C=O) groups excluding carboxylic acids is 1. The van der Waals surface area contributed by atoms with E-state index in [1.807, 2.05) is 25.1 Å². The van der Waals surface area contributed by atoms with Crippen molar-refractivity contribution in [1.82, 2.24) is 0 Å². The molecule has 3 rings (SSSR count). The van der Waals surface area contributed by atoms with Crippen LogP contribution in [-0.4, -0.2) is 24.8 Å². The third kappa shape index (κ3) is 5.51. The van der Waals surface area contributed by atoms with E-state index >= 15 is 0 Å². The van der Waals surface area contributed by atoms with Crippen LogP contribution < -0.4 is 4.74 Å². The van der Waals surface area contributed by atoms with Gasteiger partial charge in [0.25, 0.3) is 0 Å². The number of aryl methyl sites for hydroxylation is 1. The number of rotatable bonds is 7. The van der Waals surface area contributed by atoms with Gasteiger partial charge in [0.05, 0.1) is 7.11 Å². The van der Waals surface area contributed by atoms with Gasteiger partial charge in [-0.05, 0) is 71.5 Å². The van der Waals surface area contributed by atoms with Crippen LogP contribution in [0.3, 0.4) is 0 Å². The van der Waals surface area contributed by atoms with Gasteiger partial charge in [0.1, 0.15) is 17.3 Å². The molecule has 1 N–H and O–H groups in total. The zero-order valence-electron chi connectivity index (χ0n) is 16.7. The van der Waals surface area contributed by atoms with Crippen LogP contribution in [0.2, 0.25) is 5.02 Å². The van der Waals surface area contributed by atoms with Crippen molar-refractivity contribution in [3.8, 4) is 11.5 Å². The highest BCUT2D eigenvalue weighted by Crippen LogP contribution is 2.30. The molecule has 0 bridgehead atoms. The molecule has 6 heteroatoms. The van der Waals surface area contributed by atoms with Crippen molar-refractivity contribution < 1.29 is 23.8 Å². The van der Waals surface area contributed by atoms with Crippen molar-refractivity contribution in [3.05, 3.63) is 93.3 Å². The third-order valence-corrected chi connectivity index (χ3v) is 5.15. The number of esters is 1. The van der Waals surface area contributed by atoms with Gasteiger partial charge in [0, 0.05) is 11.4 Å². The smallest absolute Gasteiger partial charge is 0.343 e. The van der Waals surface area contributed by atoms with E-state index in [1.165, 1.54) is 19.2 Å². The van der Waals surface area contributed by atoms with Gasteiger partial charge in [0.2, 0.25) is 0 Å². The lowest BCUT2D eigenvalue weighted by atomic mass is 9.96. The summed E-state index contributed by atoms with van der Waals surface area (Å²) in [5, 5.41) is 10.8. The van der Waals surface area contributed by atoms with E-state index in [0.717, 1.165) is 27.8 Å². The van der Waals surface area contributed by atoms with Crippen LogP contribution in [-0.2, 0) is 22.4 Å². The Hall–Kier alpha value is -3.05. The number of benzene rings is 3. The molecule has 3 aromatic rings. The van der Waals surface area contributed by atoms with Gasteiger partial charge >= 0.3 is 5.97 Å². The number of aromatic hydroxyl groups is 1. The molecule has 156 valence electrons. The SMILES string of the molecule is COC(=O)COc1cc(C)c(Cc2ccc(O)c(Cc3ccc(F)cc3)c2)c(Cl)c1. The maximum absolute atomic E-state index is 13.1. The molecule has 4 nitrogen and oxygen atoms in total. The highest BCUT2D eigenvalue weighted by Gasteiger charge is 2.12. The molecule has 0 radical (unpaired) electrons. The van der Waals surface area contributed by atoms with Crippen LogP contribution in [0, 0.1) is 12.7 Å². The predicted molar refractivity (Wildman–Crippen MR) is 114 cm³/mol. The van der Waals surface area contributed by atoms with Gasteiger partial charge in [-0.3, -0.25) is 0 Å². The molecule has 0 unspecified atom stereocenters. The molecule has 0 saturated heterocycles. The number of phenolic OH excluding ortho intramolecular Hbond substituents is 1. The minimum Gasteiger partial charge on any atom is -0.508 e. The summed E-state index contributed by atoms with van der Waals surface area (Å²) in [7, 11) is 1.30. The Morgan fingerprint density at radius 1 is 1.03 bits per heavy atom. The summed E-state index contributed by atoms with van der Waals surface area (Å²) < 4.78 is 23.1. The van der Waals surface area contributed by atoms with E-state index in [0.29, 0.717) is 23.6 Å². The first-order valence-corrected chi connectivity index (χ1v) is 9.77. The number of hydrogen-bond donors (Lipinski definition) is 1. The van der Waals surface area contributed by atoms with Crippen LogP contribution in [0.5, 0.6) is 11.5 Å². The fourth-order valence-electron chi connectivity index (χ4n) is 3.17. The molecule has 3 aromatic carbocycles. The maximum Gasteiger partial charge on any atom is 0.343 e. The van der Waals surface area contributed by atoms with E-state index in [1.54, 1.807) is 24.3 Å². The fourth-order valence-corrected chi connectivity index (χ4v) is 3.49. The molecule has 0 aliphatic heterocycles. The first kappa shape index (κ1) is 21.7. The van der Waals surface area contributed by atoms with Crippen molar-refractivity contribution in [1.29, 1.82) is 0 Å². The quantitative estimate of drug-likeness (QED) is 0.524. The average Bonchev–Trinajstić information content (AvgIpc) is 2.72. The molecule has 0 heterocycles. The normalized spacial score (nSPS) is 10.7. The number of carbonyl (C=O) groups is 1. The molecular formula is C24H22ClFO4. The van der Waals surface area contributed by atoms with Gasteiger partial charge in [-0.2, -0.15) is 0 Å². The first-order valence-electron chi connectivity index (χ1n) is 9.39. The Kier molecular flexibility index (Phi) is 6.95.